The van der Waals surface area contributed by atoms with Gasteiger partial charge in [-0.2, -0.15) is 0 Å². The molecule has 0 aromatic carbocycles. The highest BCUT2D eigenvalue weighted by molar-refractivity contribution is 4.81. The number of likely N-dealkylation sites (N-methyl/N-ethyl adjacent to an activating group) is 1. The van der Waals surface area contributed by atoms with Gasteiger partial charge in [0.2, 0.25) is 0 Å². The summed E-state index contributed by atoms with van der Waals surface area (Å²) in [6, 6.07) is 0.774. The predicted molar refractivity (Wildman–Crippen MR) is 70.9 cm³/mol. The smallest absolute Gasteiger partial charge is 0.0229 e. The van der Waals surface area contributed by atoms with E-state index in [1.54, 1.807) is 0 Å². The van der Waals surface area contributed by atoms with Crippen LogP contribution in [0.15, 0.2) is 0 Å². The third kappa shape index (κ3) is 4.81. The second kappa shape index (κ2) is 7.25. The zero-order valence-electron chi connectivity index (χ0n) is 11.5. The second-order valence-electron chi connectivity index (χ2n) is 5.47. The summed E-state index contributed by atoms with van der Waals surface area (Å²) in [6.07, 6.45) is 2.57. The SMILES string of the molecule is CCCNCC(C)CN1CCC(N(C)C)C1. The van der Waals surface area contributed by atoms with Crippen molar-refractivity contribution in [3.05, 3.63) is 0 Å². The number of hydrogen-bond donors (Lipinski definition) is 1. The molecule has 0 radical (unpaired) electrons. The van der Waals surface area contributed by atoms with Crippen molar-refractivity contribution in [1.82, 2.24) is 15.1 Å². The van der Waals surface area contributed by atoms with Crippen LogP contribution < -0.4 is 5.32 Å². The van der Waals surface area contributed by atoms with Gasteiger partial charge in [0, 0.05) is 19.1 Å². The molecule has 0 bridgehead atoms. The summed E-state index contributed by atoms with van der Waals surface area (Å²) in [6.45, 7) is 10.7. The van der Waals surface area contributed by atoms with Gasteiger partial charge in [0.15, 0.2) is 0 Å². The Hall–Kier alpha value is -0.120. The highest BCUT2D eigenvalue weighted by Gasteiger charge is 2.24. The van der Waals surface area contributed by atoms with Gasteiger partial charge in [0.1, 0.15) is 0 Å². The molecule has 0 amide bonds. The molecule has 1 aliphatic heterocycles. The van der Waals surface area contributed by atoms with Crippen molar-refractivity contribution in [2.24, 2.45) is 5.92 Å². The average molecular weight is 227 g/mol. The molecule has 1 heterocycles. The topological polar surface area (TPSA) is 18.5 Å². The summed E-state index contributed by atoms with van der Waals surface area (Å²) >= 11 is 0. The van der Waals surface area contributed by atoms with E-state index in [1.807, 2.05) is 0 Å². The molecule has 1 saturated heterocycles. The van der Waals surface area contributed by atoms with Crippen LogP contribution in [0.3, 0.4) is 0 Å². The lowest BCUT2D eigenvalue weighted by Crippen LogP contribution is -2.35. The van der Waals surface area contributed by atoms with Crippen LogP contribution in [0.2, 0.25) is 0 Å². The summed E-state index contributed by atoms with van der Waals surface area (Å²) in [5, 5.41) is 3.51. The van der Waals surface area contributed by atoms with Crippen molar-refractivity contribution in [3.8, 4) is 0 Å². The van der Waals surface area contributed by atoms with Crippen molar-refractivity contribution < 1.29 is 0 Å². The van der Waals surface area contributed by atoms with Gasteiger partial charge in [-0.25, -0.2) is 0 Å². The molecule has 2 atom stereocenters. The fourth-order valence-corrected chi connectivity index (χ4v) is 2.43. The van der Waals surface area contributed by atoms with E-state index in [-0.39, 0.29) is 0 Å². The Labute approximate surface area is 101 Å². The lowest BCUT2D eigenvalue weighted by atomic mass is 10.1. The second-order valence-corrected chi connectivity index (χ2v) is 5.47. The molecular weight excluding hydrogens is 198 g/mol. The van der Waals surface area contributed by atoms with E-state index >= 15 is 0 Å². The summed E-state index contributed by atoms with van der Waals surface area (Å²) < 4.78 is 0. The van der Waals surface area contributed by atoms with E-state index in [4.69, 9.17) is 0 Å². The molecule has 0 spiro atoms. The monoisotopic (exact) mass is 227 g/mol. The van der Waals surface area contributed by atoms with Crippen LogP contribution in [-0.4, -0.2) is 62.7 Å². The lowest BCUT2D eigenvalue weighted by molar-refractivity contribution is 0.245. The van der Waals surface area contributed by atoms with Crippen molar-refractivity contribution in [3.63, 3.8) is 0 Å². The highest BCUT2D eigenvalue weighted by Crippen LogP contribution is 2.14. The molecule has 1 rings (SSSR count). The summed E-state index contributed by atoms with van der Waals surface area (Å²) in [5.74, 6) is 0.771. The van der Waals surface area contributed by atoms with E-state index in [0.717, 1.165) is 25.0 Å². The molecule has 1 N–H and O–H groups in total. The predicted octanol–water partition coefficient (Wildman–Crippen LogP) is 1.26. The lowest BCUT2D eigenvalue weighted by Gasteiger charge is -2.23. The van der Waals surface area contributed by atoms with Crippen molar-refractivity contribution in [1.29, 1.82) is 0 Å². The first-order valence-corrected chi connectivity index (χ1v) is 6.73. The Kier molecular flexibility index (Phi) is 6.32. The van der Waals surface area contributed by atoms with Crippen molar-refractivity contribution in [2.45, 2.75) is 32.7 Å². The molecule has 1 aliphatic rings. The van der Waals surface area contributed by atoms with Crippen LogP contribution in [0, 0.1) is 5.92 Å². The summed E-state index contributed by atoms with van der Waals surface area (Å²) in [4.78, 5) is 4.98. The molecule has 16 heavy (non-hydrogen) atoms. The van der Waals surface area contributed by atoms with Gasteiger partial charge in [-0.15, -0.1) is 0 Å². The fourth-order valence-electron chi connectivity index (χ4n) is 2.43. The first-order valence-electron chi connectivity index (χ1n) is 6.73. The number of nitrogens with one attached hydrogen (secondary N) is 1. The molecule has 1 fully saturated rings. The van der Waals surface area contributed by atoms with Crippen LogP contribution in [0.25, 0.3) is 0 Å². The van der Waals surface area contributed by atoms with Gasteiger partial charge < -0.3 is 15.1 Å². The Morgan fingerprint density at radius 3 is 2.75 bits per heavy atom. The van der Waals surface area contributed by atoms with Gasteiger partial charge in [0.25, 0.3) is 0 Å². The Bertz CT molecular complexity index is 182. The Morgan fingerprint density at radius 2 is 2.19 bits per heavy atom. The van der Waals surface area contributed by atoms with Crippen molar-refractivity contribution in [2.75, 3.05) is 46.8 Å². The zero-order valence-corrected chi connectivity index (χ0v) is 11.5. The number of rotatable bonds is 7. The number of hydrogen-bond acceptors (Lipinski definition) is 3. The van der Waals surface area contributed by atoms with Gasteiger partial charge in [-0.05, 0) is 52.5 Å². The molecule has 0 aromatic rings. The highest BCUT2D eigenvalue weighted by atomic mass is 15.2. The van der Waals surface area contributed by atoms with Crippen molar-refractivity contribution >= 4 is 0 Å². The molecule has 0 aliphatic carbocycles. The van der Waals surface area contributed by atoms with Crippen LogP contribution in [0.1, 0.15) is 26.7 Å². The minimum absolute atomic E-state index is 0.771. The standard InChI is InChI=1S/C13H29N3/c1-5-7-14-9-12(2)10-16-8-6-13(11-16)15(3)4/h12-14H,5-11H2,1-4H3. The Balaban J connectivity index is 2.13. The molecule has 3 heteroatoms. The first kappa shape index (κ1) is 13.9. The normalized spacial score (nSPS) is 24.2. The van der Waals surface area contributed by atoms with Crippen LogP contribution in [0.5, 0.6) is 0 Å². The maximum Gasteiger partial charge on any atom is 0.0229 e. The summed E-state index contributed by atoms with van der Waals surface area (Å²) in [7, 11) is 4.39. The minimum Gasteiger partial charge on any atom is -0.316 e. The van der Waals surface area contributed by atoms with Gasteiger partial charge >= 0.3 is 0 Å². The molecule has 0 aromatic heterocycles. The van der Waals surface area contributed by atoms with E-state index in [2.05, 4.69) is 43.1 Å². The average Bonchev–Trinajstić information content (AvgIpc) is 2.66. The quantitative estimate of drug-likeness (QED) is 0.661. The largest absolute Gasteiger partial charge is 0.316 e. The minimum atomic E-state index is 0.771. The molecule has 3 nitrogen and oxygen atoms in total. The zero-order chi connectivity index (χ0) is 12.0. The van der Waals surface area contributed by atoms with E-state index in [1.165, 1.54) is 32.5 Å². The fraction of sp³-hybridized carbons (Fsp3) is 1.00. The first-order chi connectivity index (χ1) is 7.63. The van der Waals surface area contributed by atoms with E-state index < -0.39 is 0 Å². The van der Waals surface area contributed by atoms with Gasteiger partial charge in [-0.1, -0.05) is 13.8 Å². The van der Waals surface area contributed by atoms with E-state index in [9.17, 15) is 0 Å². The molecule has 0 saturated carbocycles. The maximum absolute atomic E-state index is 3.51. The molecule has 2 unspecified atom stereocenters. The number of nitrogens with zero attached hydrogens (tertiary/aromatic N) is 2. The summed E-state index contributed by atoms with van der Waals surface area (Å²) in [5.41, 5.74) is 0. The van der Waals surface area contributed by atoms with Gasteiger partial charge in [0.05, 0.1) is 0 Å². The van der Waals surface area contributed by atoms with Crippen LogP contribution in [0.4, 0.5) is 0 Å². The van der Waals surface area contributed by atoms with Crippen LogP contribution >= 0.6 is 0 Å². The van der Waals surface area contributed by atoms with Gasteiger partial charge in [-0.3, -0.25) is 0 Å². The molecular formula is C13H29N3. The third-order valence-electron chi connectivity index (χ3n) is 3.47. The Morgan fingerprint density at radius 1 is 1.44 bits per heavy atom. The molecule has 96 valence electrons. The third-order valence-corrected chi connectivity index (χ3v) is 3.47. The number of likely N-dealkylation sites (tertiary alicyclic amines) is 1. The van der Waals surface area contributed by atoms with E-state index in [0.29, 0.717) is 0 Å². The van der Waals surface area contributed by atoms with Crippen LogP contribution in [-0.2, 0) is 0 Å². The maximum atomic E-state index is 3.51.